The predicted molar refractivity (Wildman–Crippen MR) is 136 cm³/mol. The molecule has 3 atom stereocenters. The van der Waals surface area contributed by atoms with Gasteiger partial charge in [-0.15, -0.1) is 11.3 Å². The molecule has 1 aliphatic rings. The molecule has 2 N–H and O–H groups in total. The first-order valence-electron chi connectivity index (χ1n) is 11.2. The molecule has 1 fully saturated rings. The zero-order chi connectivity index (χ0) is 25.9. The Bertz CT molecular complexity index is 1350. The molecule has 0 bridgehead atoms. The topological polar surface area (TPSA) is 118 Å². The number of rotatable bonds is 10. The van der Waals surface area contributed by atoms with E-state index in [1.54, 1.807) is 18.2 Å². The number of hydrogen-bond acceptors (Lipinski definition) is 9. The Morgan fingerprint density at radius 1 is 1.31 bits per heavy atom. The number of aliphatic hydroxyl groups is 1. The molecule has 36 heavy (non-hydrogen) atoms. The fourth-order valence-electron chi connectivity index (χ4n) is 4.29. The largest absolute Gasteiger partial charge is 0.393 e. The molecule has 2 heterocycles. The standard InChI is InChI=1S/C24H25ClFN3O5S2/c1-36(32,33)34-5-4-16-9-17(10-21(16)30)29-24-18(11-27-13-28-24)23(31)22-8-15(12-35-22)6-14-2-3-20(26)19(25)7-14/h2-3,7-8,11-13,16-17,21,30H,4-6,9-10H2,1H3,(H,27,28,29)/t16-,17+,21-/m0/s1. The van der Waals surface area contributed by atoms with Gasteiger partial charge in [-0.1, -0.05) is 17.7 Å². The Morgan fingerprint density at radius 3 is 2.86 bits per heavy atom. The number of nitrogens with zero attached hydrogens (tertiary/aromatic N) is 2. The van der Waals surface area contributed by atoms with Crippen LogP contribution in [0.1, 0.15) is 45.6 Å². The molecule has 1 saturated carbocycles. The van der Waals surface area contributed by atoms with E-state index in [9.17, 15) is 22.7 Å². The minimum Gasteiger partial charge on any atom is -0.393 e. The number of aromatic nitrogens is 2. The normalized spacial score (nSPS) is 19.9. The van der Waals surface area contributed by atoms with Gasteiger partial charge in [0.25, 0.3) is 10.1 Å². The van der Waals surface area contributed by atoms with Crippen LogP contribution < -0.4 is 5.32 Å². The number of aliphatic hydroxyl groups excluding tert-OH is 1. The first-order chi connectivity index (χ1) is 17.1. The summed E-state index contributed by atoms with van der Waals surface area (Å²) in [6.07, 6.45) is 5.10. The molecule has 0 aliphatic heterocycles. The van der Waals surface area contributed by atoms with Gasteiger partial charge in [0.2, 0.25) is 5.78 Å². The highest BCUT2D eigenvalue weighted by Crippen LogP contribution is 2.32. The van der Waals surface area contributed by atoms with Crippen molar-refractivity contribution in [2.45, 2.75) is 37.8 Å². The second-order valence-corrected chi connectivity index (χ2v) is 11.8. The molecule has 0 spiro atoms. The Morgan fingerprint density at radius 2 is 2.11 bits per heavy atom. The fraction of sp³-hybridized carbons (Fsp3) is 0.375. The van der Waals surface area contributed by atoms with Crippen molar-refractivity contribution in [3.63, 3.8) is 0 Å². The van der Waals surface area contributed by atoms with E-state index < -0.39 is 22.0 Å². The van der Waals surface area contributed by atoms with E-state index in [2.05, 4.69) is 15.3 Å². The zero-order valence-electron chi connectivity index (χ0n) is 19.4. The zero-order valence-corrected chi connectivity index (χ0v) is 21.7. The van der Waals surface area contributed by atoms with Crippen LogP contribution in [0.25, 0.3) is 0 Å². The van der Waals surface area contributed by atoms with Gasteiger partial charge in [-0.3, -0.25) is 8.98 Å². The minimum absolute atomic E-state index is 0.00929. The number of benzene rings is 1. The van der Waals surface area contributed by atoms with E-state index in [1.165, 1.54) is 29.9 Å². The lowest BCUT2D eigenvalue weighted by Crippen LogP contribution is -2.20. The molecule has 1 aromatic carbocycles. The summed E-state index contributed by atoms with van der Waals surface area (Å²) in [4.78, 5) is 22.0. The van der Waals surface area contributed by atoms with Crippen LogP contribution in [0.5, 0.6) is 0 Å². The van der Waals surface area contributed by atoms with Crippen LogP contribution in [0.15, 0.2) is 42.2 Å². The summed E-state index contributed by atoms with van der Waals surface area (Å²) in [6, 6.07) is 6.19. The van der Waals surface area contributed by atoms with Crippen molar-refractivity contribution in [2.75, 3.05) is 18.2 Å². The second-order valence-electron chi connectivity index (χ2n) is 8.81. The average molecular weight is 554 g/mol. The number of anilines is 1. The van der Waals surface area contributed by atoms with Crippen LogP contribution in [0.3, 0.4) is 0 Å². The van der Waals surface area contributed by atoms with E-state index >= 15 is 0 Å². The molecule has 0 unspecified atom stereocenters. The third kappa shape index (κ3) is 6.86. The molecule has 8 nitrogen and oxygen atoms in total. The Balaban J connectivity index is 1.41. The Labute approximate surface area is 217 Å². The van der Waals surface area contributed by atoms with E-state index in [1.807, 2.05) is 5.38 Å². The first kappa shape index (κ1) is 26.6. The van der Waals surface area contributed by atoms with Crippen LogP contribution in [0, 0.1) is 11.7 Å². The van der Waals surface area contributed by atoms with Crippen molar-refractivity contribution in [1.29, 1.82) is 0 Å². The lowest BCUT2D eigenvalue weighted by molar-refractivity contribution is 0.104. The van der Waals surface area contributed by atoms with E-state index in [0.29, 0.717) is 41.9 Å². The molecule has 192 valence electrons. The van der Waals surface area contributed by atoms with E-state index in [-0.39, 0.29) is 29.4 Å². The van der Waals surface area contributed by atoms with Crippen molar-refractivity contribution in [1.82, 2.24) is 9.97 Å². The number of carbonyl (C=O) groups excluding carboxylic acids is 1. The predicted octanol–water partition coefficient (Wildman–Crippen LogP) is 4.07. The maximum Gasteiger partial charge on any atom is 0.264 e. The van der Waals surface area contributed by atoms with Gasteiger partial charge >= 0.3 is 0 Å². The summed E-state index contributed by atoms with van der Waals surface area (Å²) < 4.78 is 40.6. The van der Waals surface area contributed by atoms with Gasteiger partial charge < -0.3 is 10.4 Å². The highest BCUT2D eigenvalue weighted by Gasteiger charge is 2.33. The van der Waals surface area contributed by atoms with Crippen molar-refractivity contribution < 1.29 is 26.9 Å². The van der Waals surface area contributed by atoms with Crippen LogP contribution in [0.2, 0.25) is 5.02 Å². The summed E-state index contributed by atoms with van der Waals surface area (Å²) in [7, 11) is -3.53. The molecule has 1 aliphatic carbocycles. The van der Waals surface area contributed by atoms with Gasteiger partial charge in [0, 0.05) is 12.2 Å². The van der Waals surface area contributed by atoms with E-state index in [4.69, 9.17) is 15.8 Å². The van der Waals surface area contributed by atoms with Crippen LogP contribution in [-0.2, 0) is 20.7 Å². The summed E-state index contributed by atoms with van der Waals surface area (Å²) in [5.74, 6) is -0.470. The highest BCUT2D eigenvalue weighted by molar-refractivity contribution is 7.85. The van der Waals surface area contributed by atoms with Crippen molar-refractivity contribution in [2.24, 2.45) is 5.92 Å². The second kappa shape index (κ2) is 11.3. The number of nitrogens with one attached hydrogen (secondary N) is 1. The van der Waals surface area contributed by atoms with Crippen molar-refractivity contribution in [3.8, 4) is 0 Å². The number of hydrogen-bond donors (Lipinski definition) is 2. The maximum absolute atomic E-state index is 13.4. The monoisotopic (exact) mass is 553 g/mol. The molecular formula is C24H25ClFN3O5S2. The lowest BCUT2D eigenvalue weighted by atomic mass is 10.0. The highest BCUT2D eigenvalue weighted by atomic mass is 35.5. The quantitative estimate of drug-likeness (QED) is 0.285. The fourth-order valence-corrected chi connectivity index (χ4v) is 5.76. The molecule has 12 heteroatoms. The molecule has 0 radical (unpaired) electrons. The SMILES string of the molecule is CS(=O)(=O)OCC[C@H]1C[C@@H](Nc2ncncc2C(=O)c2cc(Cc3ccc(F)c(Cl)c3)cs2)C[C@@H]1O. The lowest BCUT2D eigenvalue weighted by Gasteiger charge is -2.15. The van der Waals surface area contributed by atoms with Crippen molar-refractivity contribution in [3.05, 3.63) is 74.6 Å². The van der Waals surface area contributed by atoms with Gasteiger partial charge in [-0.25, -0.2) is 14.4 Å². The number of halogens is 2. The minimum atomic E-state index is -3.53. The van der Waals surface area contributed by atoms with Crippen LogP contribution in [0.4, 0.5) is 10.2 Å². The summed E-state index contributed by atoms with van der Waals surface area (Å²) in [5, 5.41) is 15.6. The summed E-state index contributed by atoms with van der Waals surface area (Å²) in [6.45, 7) is 0.00929. The summed E-state index contributed by atoms with van der Waals surface area (Å²) in [5.41, 5.74) is 2.05. The first-order valence-corrected chi connectivity index (χ1v) is 14.3. The molecular weight excluding hydrogens is 529 g/mol. The average Bonchev–Trinajstić information content (AvgIpc) is 3.42. The molecule has 2 aromatic heterocycles. The number of thiophene rings is 1. The van der Waals surface area contributed by atoms with Crippen LogP contribution in [-0.4, -0.2) is 54.3 Å². The van der Waals surface area contributed by atoms with Gasteiger partial charge in [0.1, 0.15) is 18.0 Å². The molecule has 3 aromatic rings. The van der Waals surface area contributed by atoms with Crippen molar-refractivity contribution >= 4 is 44.7 Å². The third-order valence-corrected chi connectivity index (χ3v) is 7.87. The molecule has 4 rings (SSSR count). The molecule has 0 saturated heterocycles. The van der Waals surface area contributed by atoms with E-state index in [0.717, 1.165) is 17.4 Å². The smallest absolute Gasteiger partial charge is 0.264 e. The maximum atomic E-state index is 13.4. The molecule has 0 amide bonds. The Hall–Kier alpha value is -2.44. The summed E-state index contributed by atoms with van der Waals surface area (Å²) >= 11 is 7.17. The number of carbonyl (C=O) groups is 1. The Kier molecular flexibility index (Phi) is 8.36. The number of ketones is 1. The van der Waals surface area contributed by atoms with Crippen LogP contribution >= 0.6 is 22.9 Å². The third-order valence-electron chi connectivity index (χ3n) is 6.01. The van der Waals surface area contributed by atoms with Gasteiger partial charge in [-0.2, -0.15) is 8.42 Å². The van der Waals surface area contributed by atoms with Gasteiger partial charge in [0.05, 0.1) is 34.4 Å². The van der Waals surface area contributed by atoms with Gasteiger partial charge in [-0.05, 0) is 66.3 Å². The van der Waals surface area contributed by atoms with Gasteiger partial charge in [0.15, 0.2) is 0 Å².